The van der Waals surface area contributed by atoms with Crippen LogP contribution in [0, 0.1) is 5.82 Å². The van der Waals surface area contributed by atoms with E-state index in [4.69, 9.17) is 17.0 Å². The van der Waals surface area contributed by atoms with Crippen molar-refractivity contribution in [3.63, 3.8) is 0 Å². The molecule has 1 N–H and O–H groups in total. The Bertz CT molecular complexity index is 1290. The predicted octanol–water partition coefficient (Wildman–Crippen LogP) is 4.31. The van der Waals surface area contributed by atoms with Gasteiger partial charge >= 0.3 is 0 Å². The molecule has 0 amide bonds. The molecule has 7 nitrogen and oxygen atoms in total. The van der Waals surface area contributed by atoms with Crippen LogP contribution in [0.5, 0.6) is 0 Å². The minimum atomic E-state index is -3.82. The number of halogens is 1. The molecule has 1 fully saturated rings. The fourth-order valence-corrected chi connectivity index (χ4v) is 6.22. The number of imidazole rings is 1. The van der Waals surface area contributed by atoms with Crippen molar-refractivity contribution < 1.29 is 17.5 Å². The minimum absolute atomic E-state index is 0.0181. The lowest BCUT2D eigenvalue weighted by Crippen LogP contribution is -2.45. The number of hydrogen-bond donors (Lipinski definition) is 1. The van der Waals surface area contributed by atoms with Crippen LogP contribution in [0.25, 0.3) is 0 Å². The molecule has 1 saturated heterocycles. The monoisotopic (exact) mass is 544 g/mol. The molecule has 37 heavy (non-hydrogen) atoms. The number of thiocarbonyl (C=S) groups is 1. The average Bonchev–Trinajstić information content (AvgIpc) is 3.51. The van der Waals surface area contributed by atoms with Gasteiger partial charge in [0.15, 0.2) is 5.11 Å². The van der Waals surface area contributed by atoms with E-state index < -0.39 is 15.7 Å². The van der Waals surface area contributed by atoms with Gasteiger partial charge in [-0.1, -0.05) is 42.5 Å². The van der Waals surface area contributed by atoms with Crippen LogP contribution >= 0.6 is 12.2 Å². The third kappa shape index (κ3) is 7.37. The first-order valence-corrected chi connectivity index (χ1v) is 14.5. The standard InChI is InChI=1S/C27H33FN4O3S2/c1-20(2)30-26(36)31(18-25-9-6-14-35-25)17-24-15-29-27(32(24)16-21-7-4-3-5-8-21)37(33,34)19-22-10-12-23(28)13-11-22/h3-5,7-8,10-13,15,20,25H,6,9,14,16-19H2,1-2H3,(H,30,36). The molecular formula is C27H33FN4O3S2. The van der Waals surface area contributed by atoms with Gasteiger partial charge in [-0.3, -0.25) is 0 Å². The normalized spacial score (nSPS) is 15.7. The number of nitrogens with one attached hydrogen (secondary N) is 1. The molecule has 0 bridgehead atoms. The number of hydrogen-bond acceptors (Lipinski definition) is 5. The summed E-state index contributed by atoms with van der Waals surface area (Å²) < 4.78 is 48.0. The summed E-state index contributed by atoms with van der Waals surface area (Å²) in [5, 5.41) is 3.88. The first-order valence-electron chi connectivity index (χ1n) is 12.4. The van der Waals surface area contributed by atoms with Crippen molar-refractivity contribution in [2.45, 2.75) is 62.8 Å². The fourth-order valence-electron chi connectivity index (χ4n) is 4.35. The van der Waals surface area contributed by atoms with Gasteiger partial charge in [0.05, 0.1) is 36.8 Å². The topological polar surface area (TPSA) is 76.5 Å². The summed E-state index contributed by atoms with van der Waals surface area (Å²) in [5.74, 6) is -0.683. The van der Waals surface area contributed by atoms with E-state index in [0.717, 1.165) is 30.7 Å². The maximum absolute atomic E-state index is 13.5. The molecule has 2 heterocycles. The highest BCUT2D eigenvalue weighted by Crippen LogP contribution is 2.22. The number of sulfone groups is 1. The summed E-state index contributed by atoms with van der Waals surface area (Å²) in [7, 11) is -3.82. The molecule has 10 heteroatoms. The Morgan fingerprint density at radius 3 is 2.57 bits per heavy atom. The van der Waals surface area contributed by atoms with Crippen LogP contribution < -0.4 is 5.32 Å². The number of aromatic nitrogens is 2. The van der Waals surface area contributed by atoms with Gasteiger partial charge < -0.3 is 19.5 Å². The first-order chi connectivity index (χ1) is 17.7. The largest absolute Gasteiger partial charge is 0.376 e. The van der Waals surface area contributed by atoms with E-state index >= 15 is 0 Å². The molecule has 1 aliphatic heterocycles. The van der Waals surface area contributed by atoms with Crippen LogP contribution in [0.1, 0.15) is 43.5 Å². The van der Waals surface area contributed by atoms with Gasteiger partial charge in [0, 0.05) is 19.2 Å². The second-order valence-electron chi connectivity index (χ2n) is 9.61. The second-order valence-corrected chi connectivity index (χ2v) is 11.9. The van der Waals surface area contributed by atoms with E-state index in [0.29, 0.717) is 30.3 Å². The van der Waals surface area contributed by atoms with E-state index in [1.807, 2.05) is 49.1 Å². The van der Waals surface area contributed by atoms with Crippen LogP contribution in [-0.4, -0.2) is 53.3 Å². The van der Waals surface area contributed by atoms with E-state index in [2.05, 4.69) is 10.3 Å². The van der Waals surface area contributed by atoms with Crippen LogP contribution in [0.2, 0.25) is 0 Å². The summed E-state index contributed by atoms with van der Waals surface area (Å²) >= 11 is 5.72. The number of ether oxygens (including phenoxy) is 1. The SMILES string of the molecule is CC(C)NC(=S)N(Cc1cnc(S(=O)(=O)Cc2ccc(F)cc2)n1Cc1ccccc1)CC1CCCO1. The number of benzene rings is 2. The zero-order chi connectivity index (χ0) is 26.4. The van der Waals surface area contributed by atoms with E-state index in [-0.39, 0.29) is 23.1 Å². The van der Waals surface area contributed by atoms with Gasteiger partial charge in [-0.05, 0) is 62.2 Å². The van der Waals surface area contributed by atoms with Crippen molar-refractivity contribution in [1.29, 1.82) is 0 Å². The molecule has 3 aromatic rings. The average molecular weight is 545 g/mol. The highest BCUT2D eigenvalue weighted by molar-refractivity contribution is 7.90. The smallest absolute Gasteiger partial charge is 0.228 e. The molecule has 0 saturated carbocycles. The Labute approximate surface area is 223 Å². The fraction of sp³-hybridized carbons (Fsp3) is 0.407. The molecule has 1 aliphatic rings. The van der Waals surface area contributed by atoms with Gasteiger partial charge in [-0.2, -0.15) is 0 Å². The second kappa shape index (κ2) is 12.1. The number of nitrogens with zero attached hydrogens (tertiary/aromatic N) is 3. The Morgan fingerprint density at radius 2 is 1.92 bits per heavy atom. The third-order valence-corrected chi connectivity index (χ3v) is 8.11. The van der Waals surface area contributed by atoms with Gasteiger partial charge in [-0.25, -0.2) is 17.8 Å². The molecule has 1 unspecified atom stereocenters. The van der Waals surface area contributed by atoms with Crippen molar-refractivity contribution >= 4 is 27.2 Å². The molecule has 2 aromatic carbocycles. The molecule has 4 rings (SSSR count). The van der Waals surface area contributed by atoms with Gasteiger partial charge in [0.2, 0.25) is 15.0 Å². The third-order valence-electron chi connectivity index (χ3n) is 6.13. The first kappa shape index (κ1) is 27.2. The van der Waals surface area contributed by atoms with Crippen LogP contribution in [0.4, 0.5) is 4.39 Å². The maximum atomic E-state index is 13.5. The predicted molar refractivity (Wildman–Crippen MR) is 145 cm³/mol. The van der Waals surface area contributed by atoms with Crippen molar-refractivity contribution in [3.05, 3.63) is 83.4 Å². The molecule has 1 atom stereocenters. The molecule has 0 spiro atoms. The zero-order valence-electron chi connectivity index (χ0n) is 21.1. The Morgan fingerprint density at radius 1 is 1.19 bits per heavy atom. The Hall–Kier alpha value is -2.82. The molecule has 1 aromatic heterocycles. The Kier molecular flexibility index (Phi) is 8.94. The lowest BCUT2D eigenvalue weighted by molar-refractivity contribution is 0.0891. The van der Waals surface area contributed by atoms with Crippen LogP contribution in [-0.2, 0) is 33.4 Å². The highest BCUT2D eigenvalue weighted by atomic mass is 32.2. The zero-order valence-corrected chi connectivity index (χ0v) is 22.8. The van der Waals surface area contributed by atoms with Crippen molar-refractivity contribution in [2.75, 3.05) is 13.2 Å². The summed E-state index contributed by atoms with van der Waals surface area (Å²) in [4.78, 5) is 6.41. The van der Waals surface area contributed by atoms with E-state index in [1.165, 1.54) is 24.3 Å². The number of rotatable bonds is 10. The molecule has 198 valence electrons. The van der Waals surface area contributed by atoms with Gasteiger partial charge in [0.1, 0.15) is 5.82 Å². The van der Waals surface area contributed by atoms with Crippen molar-refractivity contribution in [3.8, 4) is 0 Å². The summed E-state index contributed by atoms with van der Waals surface area (Å²) in [5.41, 5.74) is 2.18. The van der Waals surface area contributed by atoms with E-state index in [9.17, 15) is 12.8 Å². The van der Waals surface area contributed by atoms with Crippen LogP contribution in [0.3, 0.4) is 0 Å². The minimum Gasteiger partial charge on any atom is -0.376 e. The maximum Gasteiger partial charge on any atom is 0.228 e. The highest BCUT2D eigenvalue weighted by Gasteiger charge is 2.27. The summed E-state index contributed by atoms with van der Waals surface area (Å²) in [6, 6.07) is 15.3. The van der Waals surface area contributed by atoms with Crippen LogP contribution in [0.15, 0.2) is 66.0 Å². The Balaban J connectivity index is 1.67. The molecular weight excluding hydrogens is 511 g/mol. The van der Waals surface area contributed by atoms with Crippen molar-refractivity contribution in [2.24, 2.45) is 0 Å². The molecule has 0 aliphatic carbocycles. The summed E-state index contributed by atoms with van der Waals surface area (Å²) in [6.07, 6.45) is 3.65. The molecule has 0 radical (unpaired) electrons. The van der Waals surface area contributed by atoms with Gasteiger partial charge in [0.25, 0.3) is 0 Å². The van der Waals surface area contributed by atoms with Gasteiger partial charge in [-0.15, -0.1) is 0 Å². The lowest BCUT2D eigenvalue weighted by atomic mass is 10.2. The lowest BCUT2D eigenvalue weighted by Gasteiger charge is -2.29. The van der Waals surface area contributed by atoms with Crippen molar-refractivity contribution in [1.82, 2.24) is 19.8 Å². The summed E-state index contributed by atoms with van der Waals surface area (Å²) in [6.45, 7) is 6.11. The van der Waals surface area contributed by atoms with E-state index in [1.54, 1.807) is 10.8 Å². The quantitative estimate of drug-likeness (QED) is 0.381.